The summed E-state index contributed by atoms with van der Waals surface area (Å²) in [5.74, 6) is 2.35. The van der Waals surface area contributed by atoms with Crippen LogP contribution in [0.4, 0.5) is 0 Å². The second kappa shape index (κ2) is 9.39. The molecule has 9 nitrogen and oxygen atoms in total. The van der Waals surface area contributed by atoms with Gasteiger partial charge in [-0.2, -0.15) is 5.10 Å². The van der Waals surface area contributed by atoms with Gasteiger partial charge in [0.25, 0.3) is 0 Å². The lowest BCUT2D eigenvalue weighted by atomic mass is 9.83. The lowest BCUT2D eigenvalue weighted by molar-refractivity contribution is 0.328. The van der Waals surface area contributed by atoms with Crippen LogP contribution in [0.25, 0.3) is 27.9 Å². The van der Waals surface area contributed by atoms with E-state index in [4.69, 9.17) is 14.1 Å². The van der Waals surface area contributed by atoms with Crippen molar-refractivity contribution in [2.75, 3.05) is 7.11 Å². The zero-order chi connectivity index (χ0) is 24.6. The highest BCUT2D eigenvalue weighted by molar-refractivity contribution is 5.89. The van der Waals surface area contributed by atoms with Crippen molar-refractivity contribution in [1.82, 2.24) is 34.9 Å². The first-order chi connectivity index (χ1) is 17.6. The summed E-state index contributed by atoms with van der Waals surface area (Å²) in [7, 11) is 1.66. The van der Waals surface area contributed by atoms with Crippen LogP contribution < -0.4 is 10.1 Å². The maximum atomic E-state index is 5.60. The molecule has 0 bridgehead atoms. The van der Waals surface area contributed by atoms with E-state index >= 15 is 0 Å². The van der Waals surface area contributed by atoms with Gasteiger partial charge in [-0.05, 0) is 49.8 Å². The van der Waals surface area contributed by atoms with Gasteiger partial charge in [0.2, 0.25) is 0 Å². The predicted octanol–water partition coefficient (Wildman–Crippen LogP) is 5.21. The van der Waals surface area contributed by atoms with E-state index in [9.17, 15) is 0 Å². The van der Waals surface area contributed by atoms with Crippen LogP contribution in [0.3, 0.4) is 0 Å². The molecule has 186 valence electrons. The molecule has 6 rings (SSSR count). The molecule has 9 heteroatoms. The zero-order valence-electron chi connectivity index (χ0n) is 20.9. The minimum Gasteiger partial charge on any atom is -0.493 e. The van der Waals surface area contributed by atoms with Crippen LogP contribution >= 0.6 is 0 Å². The first-order valence-corrected chi connectivity index (χ1v) is 12.6. The summed E-state index contributed by atoms with van der Waals surface area (Å²) in [5.41, 5.74) is 7.28. The summed E-state index contributed by atoms with van der Waals surface area (Å²) in [6.07, 6.45) is 11.3. The number of oxazole rings is 1. The van der Waals surface area contributed by atoms with Crippen molar-refractivity contribution in [3.63, 3.8) is 0 Å². The summed E-state index contributed by atoms with van der Waals surface area (Å²) < 4.78 is 12.7. The molecule has 0 saturated heterocycles. The van der Waals surface area contributed by atoms with Crippen molar-refractivity contribution >= 4 is 16.7 Å². The number of fused-ring (bicyclic) bond motifs is 2. The van der Waals surface area contributed by atoms with Crippen LogP contribution in [0, 0.1) is 0 Å². The van der Waals surface area contributed by atoms with Crippen molar-refractivity contribution < 1.29 is 9.15 Å². The Balaban J connectivity index is 1.27. The van der Waals surface area contributed by atoms with E-state index in [2.05, 4.69) is 51.3 Å². The van der Waals surface area contributed by atoms with E-state index < -0.39 is 0 Å². The fourth-order valence-corrected chi connectivity index (χ4v) is 5.47. The van der Waals surface area contributed by atoms with Gasteiger partial charge in [0, 0.05) is 35.0 Å². The number of methoxy groups -OCH3 is 1. The molecule has 5 aromatic heterocycles. The van der Waals surface area contributed by atoms with Gasteiger partial charge in [-0.3, -0.25) is 4.98 Å². The van der Waals surface area contributed by atoms with E-state index in [0.29, 0.717) is 29.3 Å². The Kier molecular flexibility index (Phi) is 5.92. The van der Waals surface area contributed by atoms with Crippen molar-refractivity contribution in [3.05, 3.63) is 60.3 Å². The summed E-state index contributed by atoms with van der Waals surface area (Å²) in [4.78, 5) is 17.2. The largest absolute Gasteiger partial charge is 0.493 e. The second-order valence-corrected chi connectivity index (χ2v) is 9.92. The quantitative estimate of drug-likeness (QED) is 0.326. The first-order valence-electron chi connectivity index (χ1n) is 12.6. The molecule has 0 amide bonds. The third-order valence-electron chi connectivity index (χ3n) is 7.32. The molecule has 0 radical (unpaired) electrons. The molecule has 0 unspecified atom stereocenters. The minimum absolute atomic E-state index is 0.296. The molecule has 1 aliphatic carbocycles. The van der Waals surface area contributed by atoms with E-state index in [1.807, 2.05) is 12.3 Å². The molecule has 1 saturated carbocycles. The molecule has 5 aromatic rings. The Bertz CT molecular complexity index is 1480. The van der Waals surface area contributed by atoms with Crippen molar-refractivity contribution in [2.24, 2.45) is 0 Å². The number of ether oxygens (including phenoxy) is 1. The topological polar surface area (TPSA) is 106 Å². The number of hydrogen-bond acceptors (Lipinski definition) is 7. The molecule has 0 spiro atoms. The molecule has 0 aliphatic heterocycles. The van der Waals surface area contributed by atoms with E-state index in [-0.39, 0.29) is 0 Å². The van der Waals surface area contributed by atoms with Crippen LogP contribution in [-0.4, -0.2) is 42.7 Å². The van der Waals surface area contributed by atoms with Gasteiger partial charge in [-0.15, -0.1) is 0 Å². The molecule has 5 heterocycles. The Morgan fingerprint density at radius 1 is 1.22 bits per heavy atom. The Labute approximate surface area is 209 Å². The van der Waals surface area contributed by atoms with Crippen LogP contribution in [-0.2, 0) is 6.54 Å². The number of H-pyrrole nitrogens is 1. The maximum absolute atomic E-state index is 5.60. The number of aromatic amines is 1. The molecule has 0 atom stereocenters. The van der Waals surface area contributed by atoms with Gasteiger partial charge in [0.05, 0.1) is 36.6 Å². The normalized spacial score (nSPS) is 18.4. The van der Waals surface area contributed by atoms with E-state index in [1.165, 1.54) is 17.7 Å². The predicted molar refractivity (Wildman–Crippen MR) is 137 cm³/mol. The highest BCUT2D eigenvalue weighted by Gasteiger charge is 2.25. The van der Waals surface area contributed by atoms with Crippen LogP contribution in [0.1, 0.15) is 68.4 Å². The molecule has 1 aliphatic rings. The summed E-state index contributed by atoms with van der Waals surface area (Å²) in [5, 5.41) is 7.94. The summed E-state index contributed by atoms with van der Waals surface area (Å²) in [6.45, 7) is 5.17. The summed E-state index contributed by atoms with van der Waals surface area (Å²) in [6, 6.07) is 6.91. The monoisotopic (exact) mass is 485 g/mol. The van der Waals surface area contributed by atoms with E-state index in [1.54, 1.807) is 24.1 Å². The van der Waals surface area contributed by atoms with Gasteiger partial charge in [0.1, 0.15) is 12.1 Å². The minimum atomic E-state index is 0.296. The third kappa shape index (κ3) is 4.13. The Hall–Kier alpha value is -3.72. The SMILES string of the molecule is COc1cc(-c2[nH]c3ccc(C4CCC(NCc5cnco5)CC4)nc3c2C(C)C)cn2ncnc12. The number of nitrogens with one attached hydrogen (secondary N) is 2. The highest BCUT2D eigenvalue weighted by atomic mass is 16.5. The molecule has 2 N–H and O–H groups in total. The Morgan fingerprint density at radius 3 is 2.83 bits per heavy atom. The molecule has 0 aromatic carbocycles. The van der Waals surface area contributed by atoms with Gasteiger partial charge >= 0.3 is 0 Å². The van der Waals surface area contributed by atoms with Crippen LogP contribution in [0.2, 0.25) is 0 Å². The lowest BCUT2D eigenvalue weighted by Gasteiger charge is -2.28. The standard InChI is InChI=1S/C27H31N7O2/c1-16(2)24-25(18-10-23(35-3)27-30-14-31-34(27)13-18)33-22-9-8-21(32-26(22)24)17-4-6-19(7-5-17)29-12-20-11-28-15-36-20/h8-11,13-17,19,29,33H,4-7,12H2,1-3H3. The number of nitrogens with zero attached hydrogens (tertiary/aromatic N) is 5. The van der Waals surface area contributed by atoms with Crippen molar-refractivity contribution in [1.29, 1.82) is 0 Å². The number of rotatable bonds is 7. The van der Waals surface area contributed by atoms with Gasteiger partial charge in [0.15, 0.2) is 17.8 Å². The number of aromatic nitrogens is 6. The zero-order valence-corrected chi connectivity index (χ0v) is 20.9. The van der Waals surface area contributed by atoms with Crippen molar-refractivity contribution in [2.45, 2.75) is 64.0 Å². The van der Waals surface area contributed by atoms with E-state index in [0.717, 1.165) is 60.3 Å². The Morgan fingerprint density at radius 2 is 2.08 bits per heavy atom. The fourth-order valence-electron chi connectivity index (χ4n) is 5.47. The van der Waals surface area contributed by atoms with Crippen LogP contribution in [0.5, 0.6) is 5.75 Å². The molecule has 36 heavy (non-hydrogen) atoms. The van der Waals surface area contributed by atoms with Gasteiger partial charge < -0.3 is 19.5 Å². The highest BCUT2D eigenvalue weighted by Crippen LogP contribution is 2.38. The fraction of sp³-hybridized carbons (Fsp3) is 0.407. The average molecular weight is 486 g/mol. The second-order valence-electron chi connectivity index (χ2n) is 9.92. The third-order valence-corrected chi connectivity index (χ3v) is 7.32. The summed E-state index contributed by atoms with van der Waals surface area (Å²) >= 11 is 0. The molecular formula is C27H31N7O2. The van der Waals surface area contributed by atoms with Gasteiger partial charge in [-0.1, -0.05) is 13.8 Å². The average Bonchev–Trinajstić information content (AvgIpc) is 3.66. The molecule has 1 fully saturated rings. The lowest BCUT2D eigenvalue weighted by Crippen LogP contribution is -2.32. The molecular weight excluding hydrogens is 454 g/mol. The number of hydrogen-bond donors (Lipinski definition) is 2. The van der Waals surface area contributed by atoms with Crippen molar-refractivity contribution in [3.8, 4) is 17.0 Å². The maximum Gasteiger partial charge on any atom is 0.197 e. The van der Waals surface area contributed by atoms with Crippen LogP contribution in [0.15, 0.2) is 47.7 Å². The smallest absolute Gasteiger partial charge is 0.197 e. The van der Waals surface area contributed by atoms with Gasteiger partial charge in [-0.25, -0.2) is 14.5 Å². The number of pyridine rings is 2. The first kappa shape index (κ1) is 22.7.